The third-order valence-corrected chi connectivity index (χ3v) is 4.73. The van der Waals surface area contributed by atoms with Crippen molar-refractivity contribution >= 4 is 34.5 Å². The topological polar surface area (TPSA) is 33.4 Å². The zero-order chi connectivity index (χ0) is 17.3. The third-order valence-electron chi connectivity index (χ3n) is 4.19. The van der Waals surface area contributed by atoms with Crippen LogP contribution in [0.3, 0.4) is 0 Å². The van der Waals surface area contributed by atoms with Gasteiger partial charge in [0.15, 0.2) is 5.65 Å². The molecule has 0 aliphatic rings. The molecular formula is C18H20Cl2N4. The van der Waals surface area contributed by atoms with Crippen LogP contribution < -0.4 is 4.90 Å². The average Bonchev–Trinajstić information content (AvgIpc) is 2.95. The van der Waals surface area contributed by atoms with E-state index in [2.05, 4.69) is 30.7 Å². The summed E-state index contributed by atoms with van der Waals surface area (Å²) < 4.78 is 1.89. The van der Waals surface area contributed by atoms with Gasteiger partial charge in [-0.1, -0.05) is 30.1 Å². The molecule has 126 valence electrons. The third kappa shape index (κ3) is 2.85. The van der Waals surface area contributed by atoms with E-state index < -0.39 is 0 Å². The first-order valence-electron chi connectivity index (χ1n) is 8.17. The van der Waals surface area contributed by atoms with Crippen LogP contribution in [-0.2, 0) is 6.42 Å². The number of halogens is 2. The predicted octanol–water partition coefficient (Wildman–Crippen LogP) is 5.11. The van der Waals surface area contributed by atoms with E-state index in [0.29, 0.717) is 10.0 Å². The highest BCUT2D eigenvalue weighted by Gasteiger charge is 2.20. The Morgan fingerprint density at radius 1 is 1.08 bits per heavy atom. The summed E-state index contributed by atoms with van der Waals surface area (Å²) in [5, 5.41) is 6.03. The highest BCUT2D eigenvalue weighted by Crippen LogP contribution is 2.33. The first-order valence-corrected chi connectivity index (χ1v) is 8.93. The lowest BCUT2D eigenvalue weighted by atomic mass is 10.1. The molecule has 0 aliphatic carbocycles. The summed E-state index contributed by atoms with van der Waals surface area (Å²) in [6.45, 7) is 8.24. The zero-order valence-corrected chi connectivity index (χ0v) is 15.6. The van der Waals surface area contributed by atoms with Crippen LogP contribution in [0.15, 0.2) is 30.5 Å². The summed E-state index contributed by atoms with van der Waals surface area (Å²) in [4.78, 5) is 6.88. The smallest absolute Gasteiger partial charge is 0.179 e. The molecule has 0 atom stereocenters. The highest BCUT2D eigenvalue weighted by molar-refractivity contribution is 6.36. The van der Waals surface area contributed by atoms with Gasteiger partial charge >= 0.3 is 0 Å². The van der Waals surface area contributed by atoms with Crippen molar-refractivity contribution in [3.63, 3.8) is 0 Å². The minimum absolute atomic E-state index is 0.605. The van der Waals surface area contributed by atoms with Crippen molar-refractivity contribution in [1.82, 2.24) is 14.6 Å². The number of hydrogen-bond acceptors (Lipinski definition) is 3. The van der Waals surface area contributed by atoms with Gasteiger partial charge in [-0.3, -0.25) is 0 Å². The molecule has 3 rings (SSSR count). The molecule has 3 aromatic rings. The second kappa shape index (κ2) is 6.99. The molecule has 1 aromatic carbocycles. The highest BCUT2D eigenvalue weighted by atomic mass is 35.5. The van der Waals surface area contributed by atoms with E-state index >= 15 is 0 Å². The number of fused-ring (bicyclic) bond motifs is 1. The molecule has 0 unspecified atom stereocenters. The van der Waals surface area contributed by atoms with E-state index in [1.54, 1.807) is 6.07 Å². The molecule has 6 heteroatoms. The number of rotatable bonds is 5. The van der Waals surface area contributed by atoms with Crippen LogP contribution in [0.2, 0.25) is 10.0 Å². The van der Waals surface area contributed by atoms with Crippen LogP contribution in [-0.4, -0.2) is 27.7 Å². The van der Waals surface area contributed by atoms with Crippen LogP contribution in [0.1, 0.15) is 26.5 Å². The normalized spacial score (nSPS) is 11.2. The van der Waals surface area contributed by atoms with Gasteiger partial charge in [-0.05, 0) is 44.5 Å². The maximum absolute atomic E-state index is 6.41. The molecule has 2 heterocycles. The molecule has 0 saturated carbocycles. The minimum atomic E-state index is 0.605. The van der Waals surface area contributed by atoms with Crippen LogP contribution in [0.4, 0.5) is 5.69 Å². The Hall–Kier alpha value is -1.78. The monoisotopic (exact) mass is 362 g/mol. The zero-order valence-electron chi connectivity index (χ0n) is 14.1. The number of anilines is 1. The summed E-state index contributed by atoms with van der Waals surface area (Å²) in [7, 11) is 0. The number of benzene rings is 1. The lowest BCUT2D eigenvalue weighted by molar-refractivity contribution is 0.852. The quantitative estimate of drug-likeness (QED) is 0.632. The maximum Gasteiger partial charge on any atom is 0.179 e. The Balaban J connectivity index is 2.28. The molecule has 24 heavy (non-hydrogen) atoms. The van der Waals surface area contributed by atoms with E-state index in [1.807, 2.05) is 28.9 Å². The predicted molar refractivity (Wildman–Crippen MR) is 101 cm³/mol. The van der Waals surface area contributed by atoms with Gasteiger partial charge < -0.3 is 4.90 Å². The molecule has 0 aliphatic heterocycles. The maximum atomic E-state index is 6.41. The summed E-state index contributed by atoms with van der Waals surface area (Å²) in [6, 6.07) is 7.44. The van der Waals surface area contributed by atoms with Crippen molar-refractivity contribution in [3.8, 4) is 11.3 Å². The van der Waals surface area contributed by atoms with Crippen LogP contribution in [0.5, 0.6) is 0 Å². The van der Waals surface area contributed by atoms with Gasteiger partial charge in [0.25, 0.3) is 0 Å². The van der Waals surface area contributed by atoms with Gasteiger partial charge in [-0.15, -0.1) is 0 Å². The lowest BCUT2D eigenvalue weighted by Crippen LogP contribution is -2.22. The number of nitrogens with zero attached hydrogens (tertiary/aromatic N) is 4. The molecule has 0 radical (unpaired) electrons. The van der Waals surface area contributed by atoms with E-state index in [4.69, 9.17) is 28.3 Å². The van der Waals surface area contributed by atoms with Crippen molar-refractivity contribution in [2.45, 2.75) is 27.2 Å². The second-order valence-electron chi connectivity index (χ2n) is 5.51. The Kier molecular flexibility index (Phi) is 4.97. The second-order valence-corrected chi connectivity index (χ2v) is 6.35. The lowest BCUT2D eigenvalue weighted by Gasteiger charge is -2.20. The van der Waals surface area contributed by atoms with Crippen molar-refractivity contribution < 1.29 is 0 Å². The van der Waals surface area contributed by atoms with E-state index in [9.17, 15) is 0 Å². The molecule has 0 amide bonds. The summed E-state index contributed by atoms with van der Waals surface area (Å²) in [5.41, 5.74) is 4.82. The Bertz CT molecular complexity index is 869. The Morgan fingerprint density at radius 2 is 1.83 bits per heavy atom. The first kappa shape index (κ1) is 17.1. The Morgan fingerprint density at radius 3 is 2.46 bits per heavy atom. The van der Waals surface area contributed by atoms with Crippen LogP contribution in [0, 0.1) is 0 Å². The van der Waals surface area contributed by atoms with Gasteiger partial charge in [0.1, 0.15) is 5.69 Å². The van der Waals surface area contributed by atoms with E-state index in [-0.39, 0.29) is 0 Å². The van der Waals surface area contributed by atoms with Crippen molar-refractivity contribution in [2.75, 3.05) is 18.0 Å². The molecule has 0 N–H and O–H groups in total. The molecule has 4 nitrogen and oxygen atoms in total. The molecule has 2 aromatic heterocycles. The van der Waals surface area contributed by atoms with Gasteiger partial charge in [0.05, 0.1) is 16.4 Å². The molecule has 0 saturated heterocycles. The SMILES string of the molecule is CCc1nn2c(-c3ccc(Cl)cc3Cl)ccnc2c1N(CC)CC. The van der Waals surface area contributed by atoms with Crippen molar-refractivity contribution in [1.29, 1.82) is 0 Å². The fourth-order valence-electron chi connectivity index (χ4n) is 2.98. The van der Waals surface area contributed by atoms with Crippen LogP contribution in [0.25, 0.3) is 16.9 Å². The molecular weight excluding hydrogens is 343 g/mol. The number of aryl methyl sites for hydroxylation is 1. The summed E-state index contributed by atoms with van der Waals surface area (Å²) in [5.74, 6) is 0. The van der Waals surface area contributed by atoms with Crippen molar-refractivity contribution in [3.05, 3.63) is 46.2 Å². The minimum Gasteiger partial charge on any atom is -0.368 e. The fourth-order valence-corrected chi connectivity index (χ4v) is 3.49. The molecule has 0 fully saturated rings. The van der Waals surface area contributed by atoms with E-state index in [1.165, 1.54) is 0 Å². The number of hydrogen-bond donors (Lipinski definition) is 0. The first-order chi connectivity index (χ1) is 11.6. The van der Waals surface area contributed by atoms with Gasteiger partial charge in [-0.2, -0.15) is 5.10 Å². The van der Waals surface area contributed by atoms with Gasteiger partial charge in [-0.25, -0.2) is 9.50 Å². The van der Waals surface area contributed by atoms with E-state index in [0.717, 1.165) is 47.8 Å². The Labute approximate surface area is 152 Å². The van der Waals surface area contributed by atoms with Gasteiger partial charge in [0.2, 0.25) is 0 Å². The van der Waals surface area contributed by atoms with Crippen molar-refractivity contribution in [2.24, 2.45) is 0 Å². The standard InChI is InChI=1S/C18H20Cl2N4/c1-4-15-17(23(5-2)6-3)18-21-10-9-16(24(18)22-15)13-8-7-12(19)11-14(13)20/h7-11H,4-6H2,1-3H3. The fraction of sp³-hybridized carbons (Fsp3) is 0.333. The van der Waals surface area contributed by atoms with Gasteiger partial charge in [0, 0.05) is 29.9 Å². The molecule has 0 spiro atoms. The summed E-state index contributed by atoms with van der Waals surface area (Å²) in [6.07, 6.45) is 2.66. The molecule has 0 bridgehead atoms. The number of aromatic nitrogens is 3. The average molecular weight is 363 g/mol. The largest absolute Gasteiger partial charge is 0.368 e. The van der Waals surface area contributed by atoms with Crippen LogP contribution >= 0.6 is 23.2 Å². The summed E-state index contributed by atoms with van der Waals surface area (Å²) >= 11 is 12.4.